The molecule has 0 bridgehead atoms. The van der Waals surface area contributed by atoms with E-state index in [4.69, 9.17) is 4.74 Å². The zero-order valence-electron chi connectivity index (χ0n) is 16.0. The highest BCUT2D eigenvalue weighted by molar-refractivity contribution is 6.09. The lowest BCUT2D eigenvalue weighted by Crippen LogP contribution is -2.55. The molecule has 0 spiro atoms. The Morgan fingerprint density at radius 2 is 2.10 bits per heavy atom. The lowest BCUT2D eigenvalue weighted by Gasteiger charge is -2.48. The number of amides is 1. The number of nitrogens with one attached hydrogen (secondary N) is 1. The summed E-state index contributed by atoms with van der Waals surface area (Å²) < 4.78 is 18.8. The van der Waals surface area contributed by atoms with Crippen molar-refractivity contribution in [2.75, 3.05) is 13.2 Å². The van der Waals surface area contributed by atoms with E-state index in [-0.39, 0.29) is 35.5 Å². The summed E-state index contributed by atoms with van der Waals surface area (Å²) in [4.78, 5) is 26.9. The van der Waals surface area contributed by atoms with E-state index in [1.807, 2.05) is 6.92 Å². The molecule has 1 aromatic carbocycles. The van der Waals surface area contributed by atoms with Gasteiger partial charge < -0.3 is 25.2 Å². The number of aliphatic hydroxyl groups excluding tert-OH is 2. The number of benzene rings is 1. The quantitative estimate of drug-likeness (QED) is 0.709. The van der Waals surface area contributed by atoms with Gasteiger partial charge in [0.05, 0.1) is 23.6 Å². The number of Topliss-reactive ketones (excluding diaryl/α,β-unsaturated/α-hetero) is 1. The Hall–Kier alpha value is -2.71. The highest BCUT2D eigenvalue weighted by atomic mass is 19.1. The van der Waals surface area contributed by atoms with Gasteiger partial charge in [-0.15, -0.1) is 0 Å². The van der Waals surface area contributed by atoms with Crippen molar-refractivity contribution in [1.29, 1.82) is 0 Å². The summed E-state index contributed by atoms with van der Waals surface area (Å²) in [5.41, 5.74) is -0.0835. The molecule has 0 radical (unpaired) electrons. The molecule has 7 nitrogen and oxygen atoms in total. The Morgan fingerprint density at radius 1 is 1.38 bits per heavy atom. The molecule has 3 N–H and O–H groups in total. The van der Waals surface area contributed by atoms with E-state index in [1.165, 1.54) is 35.4 Å². The maximum Gasteiger partial charge on any atom is 0.252 e. The van der Waals surface area contributed by atoms with Crippen LogP contribution in [0.3, 0.4) is 0 Å². The number of carbonyl (C=O) groups is 2. The Labute approximate surface area is 167 Å². The van der Waals surface area contributed by atoms with E-state index >= 15 is 0 Å². The van der Waals surface area contributed by atoms with Gasteiger partial charge in [0, 0.05) is 19.4 Å². The average Bonchev–Trinajstić information content (AvgIpc) is 2.71. The van der Waals surface area contributed by atoms with Gasteiger partial charge in [-0.25, -0.2) is 4.39 Å². The van der Waals surface area contributed by atoms with E-state index in [9.17, 15) is 24.2 Å². The third kappa shape index (κ3) is 3.32. The molecule has 1 aromatic rings. The van der Waals surface area contributed by atoms with E-state index < -0.39 is 23.2 Å². The van der Waals surface area contributed by atoms with Crippen LogP contribution in [0.2, 0.25) is 0 Å². The van der Waals surface area contributed by atoms with Crippen LogP contribution < -0.4 is 5.32 Å². The first-order valence-electron chi connectivity index (χ1n) is 9.60. The van der Waals surface area contributed by atoms with Crippen molar-refractivity contribution >= 4 is 11.7 Å². The zero-order chi connectivity index (χ0) is 20.8. The smallest absolute Gasteiger partial charge is 0.252 e. The summed E-state index contributed by atoms with van der Waals surface area (Å²) in [6.07, 6.45) is 0.867. The fourth-order valence-corrected chi connectivity index (χ4v) is 4.17. The second-order valence-corrected chi connectivity index (χ2v) is 7.89. The van der Waals surface area contributed by atoms with Crippen LogP contribution in [0, 0.1) is 11.2 Å². The number of rotatable bonds is 3. The Kier molecular flexibility index (Phi) is 4.92. The van der Waals surface area contributed by atoms with Crippen LogP contribution in [0.15, 0.2) is 47.5 Å². The third-order valence-electron chi connectivity index (χ3n) is 5.98. The lowest BCUT2D eigenvalue weighted by atomic mass is 9.72. The molecule has 4 rings (SSSR count). The number of ether oxygens (including phenoxy) is 1. The SMILES string of the molecule is C[C@@]12CCCO[C@@H]1CN1C=C(C(=O)NCc3ccc(F)cc3)C(O)C(=O)C1=C2O. The van der Waals surface area contributed by atoms with Crippen LogP contribution in [-0.4, -0.2) is 52.2 Å². The van der Waals surface area contributed by atoms with Crippen molar-refractivity contribution in [2.45, 2.75) is 38.5 Å². The average molecular weight is 402 g/mol. The first kappa shape index (κ1) is 19.6. The summed E-state index contributed by atoms with van der Waals surface area (Å²) in [5, 5.41) is 23.9. The number of ketones is 1. The molecule has 0 aromatic heterocycles. The minimum atomic E-state index is -1.67. The first-order valence-corrected chi connectivity index (χ1v) is 9.60. The van der Waals surface area contributed by atoms with Gasteiger partial charge in [-0.05, 0) is 37.5 Å². The van der Waals surface area contributed by atoms with Gasteiger partial charge in [0.15, 0.2) is 6.10 Å². The number of nitrogens with zero attached hydrogens (tertiary/aromatic N) is 1. The third-order valence-corrected chi connectivity index (χ3v) is 5.98. The standard InChI is InChI=1S/C21H23FN2O5/c1-21-7-2-8-29-15(21)11-24-10-14(17(25)18(26)16(24)19(21)27)20(28)23-9-12-3-5-13(22)6-4-12/h3-6,10,15,17,25,27H,2,7-9,11H2,1H3,(H,23,28)/t15-,17?,21-/m1/s1. The van der Waals surface area contributed by atoms with Crippen LogP contribution in [0.4, 0.5) is 4.39 Å². The molecule has 3 atom stereocenters. The van der Waals surface area contributed by atoms with E-state index in [1.54, 1.807) is 0 Å². The maximum absolute atomic E-state index is 13.0. The first-order chi connectivity index (χ1) is 13.8. The van der Waals surface area contributed by atoms with Crippen molar-refractivity contribution in [3.63, 3.8) is 0 Å². The van der Waals surface area contributed by atoms with Gasteiger partial charge in [-0.3, -0.25) is 9.59 Å². The molecule has 3 heterocycles. The molecule has 1 amide bonds. The van der Waals surface area contributed by atoms with Gasteiger partial charge >= 0.3 is 0 Å². The normalized spacial score (nSPS) is 29.1. The summed E-state index contributed by atoms with van der Waals surface area (Å²) in [5.74, 6) is -1.79. The number of aliphatic hydroxyl groups is 2. The van der Waals surface area contributed by atoms with Gasteiger partial charge in [0.1, 0.15) is 17.3 Å². The minimum absolute atomic E-state index is 0.0248. The Morgan fingerprint density at radius 3 is 2.83 bits per heavy atom. The lowest BCUT2D eigenvalue weighted by molar-refractivity contribution is -0.132. The minimum Gasteiger partial charge on any atom is -0.509 e. The fourth-order valence-electron chi connectivity index (χ4n) is 4.17. The number of carbonyl (C=O) groups excluding carboxylic acids is 2. The van der Waals surface area contributed by atoms with Crippen molar-refractivity contribution in [1.82, 2.24) is 10.2 Å². The van der Waals surface area contributed by atoms with Crippen molar-refractivity contribution in [2.24, 2.45) is 5.41 Å². The summed E-state index contributed by atoms with van der Waals surface area (Å²) >= 11 is 0. The zero-order valence-corrected chi connectivity index (χ0v) is 16.0. The van der Waals surface area contributed by atoms with Gasteiger partial charge in [-0.1, -0.05) is 12.1 Å². The molecule has 29 heavy (non-hydrogen) atoms. The molecule has 1 unspecified atom stereocenters. The number of hydrogen-bond acceptors (Lipinski definition) is 6. The number of fused-ring (bicyclic) bond motifs is 2. The topological polar surface area (TPSA) is 99.1 Å². The van der Waals surface area contributed by atoms with Crippen LogP contribution >= 0.6 is 0 Å². The molecule has 1 saturated heterocycles. The van der Waals surface area contributed by atoms with Crippen LogP contribution in [0.1, 0.15) is 25.3 Å². The molecular weight excluding hydrogens is 379 g/mol. The second-order valence-electron chi connectivity index (χ2n) is 7.89. The Bertz CT molecular complexity index is 910. The predicted molar refractivity (Wildman–Crippen MR) is 101 cm³/mol. The van der Waals surface area contributed by atoms with Gasteiger partial charge in [0.25, 0.3) is 5.91 Å². The van der Waals surface area contributed by atoms with Crippen molar-refractivity contribution in [3.8, 4) is 0 Å². The monoisotopic (exact) mass is 402 g/mol. The maximum atomic E-state index is 13.0. The molecule has 3 aliphatic heterocycles. The molecular formula is C21H23FN2O5. The van der Waals surface area contributed by atoms with E-state index in [2.05, 4.69) is 5.32 Å². The van der Waals surface area contributed by atoms with E-state index in [0.29, 0.717) is 25.1 Å². The van der Waals surface area contributed by atoms with Crippen LogP contribution in [0.5, 0.6) is 0 Å². The molecule has 0 saturated carbocycles. The molecule has 1 fully saturated rings. The number of hydrogen-bond donors (Lipinski definition) is 3. The summed E-state index contributed by atoms with van der Waals surface area (Å²) in [6.45, 7) is 2.85. The fraction of sp³-hybridized carbons (Fsp3) is 0.429. The second kappa shape index (κ2) is 7.27. The van der Waals surface area contributed by atoms with Gasteiger partial charge in [-0.2, -0.15) is 0 Å². The molecule has 154 valence electrons. The van der Waals surface area contributed by atoms with Crippen LogP contribution in [-0.2, 0) is 20.9 Å². The van der Waals surface area contributed by atoms with Crippen LogP contribution in [0.25, 0.3) is 0 Å². The van der Waals surface area contributed by atoms with E-state index in [0.717, 1.165) is 6.42 Å². The highest BCUT2D eigenvalue weighted by Crippen LogP contribution is 2.46. The summed E-state index contributed by atoms with van der Waals surface area (Å²) in [6, 6.07) is 5.65. The van der Waals surface area contributed by atoms with Gasteiger partial charge in [0.2, 0.25) is 5.78 Å². The highest BCUT2D eigenvalue weighted by Gasteiger charge is 2.51. The van der Waals surface area contributed by atoms with Crippen molar-refractivity contribution in [3.05, 3.63) is 58.9 Å². The number of halogens is 1. The predicted octanol–water partition coefficient (Wildman–Crippen LogP) is 1.54. The molecule has 0 aliphatic carbocycles. The largest absolute Gasteiger partial charge is 0.509 e. The molecule has 3 aliphatic rings. The molecule has 8 heteroatoms. The van der Waals surface area contributed by atoms with Crippen molar-refractivity contribution < 1.29 is 28.9 Å². The summed E-state index contributed by atoms with van der Waals surface area (Å²) in [7, 11) is 0. The Balaban J connectivity index is 1.58.